The number of methoxy groups -OCH3 is 1. The minimum atomic E-state index is -0.216. The van der Waals surface area contributed by atoms with E-state index in [0.29, 0.717) is 12.4 Å². The first-order valence-corrected chi connectivity index (χ1v) is 7.97. The molecule has 1 aliphatic rings. The van der Waals surface area contributed by atoms with Gasteiger partial charge in [0.2, 0.25) is 5.90 Å². The minimum absolute atomic E-state index is 0.0483. The normalized spacial score (nSPS) is 17.0. The van der Waals surface area contributed by atoms with Crippen molar-refractivity contribution >= 4 is 17.7 Å². The molecular formula is C17H16FNO2S. The van der Waals surface area contributed by atoms with Gasteiger partial charge in [-0.3, -0.25) is 0 Å². The van der Waals surface area contributed by atoms with Gasteiger partial charge in [-0.05, 0) is 48.5 Å². The molecule has 0 saturated heterocycles. The maximum atomic E-state index is 12.9. The molecular weight excluding hydrogens is 301 g/mol. The molecule has 1 heterocycles. The molecule has 1 atom stereocenters. The first-order valence-electron chi connectivity index (χ1n) is 6.98. The smallest absolute Gasteiger partial charge is 0.216 e. The van der Waals surface area contributed by atoms with E-state index in [1.54, 1.807) is 31.0 Å². The number of nitrogens with zero attached hydrogens (tertiary/aromatic N) is 1. The monoisotopic (exact) mass is 317 g/mol. The van der Waals surface area contributed by atoms with Gasteiger partial charge < -0.3 is 9.47 Å². The first kappa shape index (κ1) is 14.9. The Morgan fingerprint density at radius 1 is 1.18 bits per heavy atom. The van der Waals surface area contributed by atoms with E-state index in [0.717, 1.165) is 22.0 Å². The van der Waals surface area contributed by atoms with Gasteiger partial charge in [0.1, 0.15) is 17.7 Å². The highest BCUT2D eigenvalue weighted by Crippen LogP contribution is 2.23. The second-order valence-corrected chi connectivity index (χ2v) is 5.97. The first-order chi connectivity index (χ1) is 10.7. The summed E-state index contributed by atoms with van der Waals surface area (Å²) in [5.41, 5.74) is 0.954. The molecule has 5 heteroatoms. The molecule has 0 saturated carbocycles. The summed E-state index contributed by atoms with van der Waals surface area (Å²) in [6.45, 7) is 0.648. The van der Waals surface area contributed by atoms with Gasteiger partial charge in [0.05, 0.1) is 13.7 Å². The van der Waals surface area contributed by atoms with Crippen molar-refractivity contribution < 1.29 is 13.9 Å². The molecule has 0 radical (unpaired) electrons. The van der Waals surface area contributed by atoms with E-state index in [4.69, 9.17) is 9.47 Å². The number of hydrogen-bond acceptors (Lipinski definition) is 4. The molecule has 0 bridgehead atoms. The van der Waals surface area contributed by atoms with E-state index in [-0.39, 0.29) is 11.9 Å². The molecule has 0 N–H and O–H groups in total. The van der Waals surface area contributed by atoms with Gasteiger partial charge in [-0.1, -0.05) is 0 Å². The van der Waals surface area contributed by atoms with Gasteiger partial charge in [0.25, 0.3) is 0 Å². The second-order valence-electron chi connectivity index (χ2n) is 4.88. The van der Waals surface area contributed by atoms with Gasteiger partial charge >= 0.3 is 0 Å². The van der Waals surface area contributed by atoms with Crippen LogP contribution in [0.2, 0.25) is 0 Å². The average molecular weight is 317 g/mol. The van der Waals surface area contributed by atoms with Crippen LogP contribution in [0, 0.1) is 5.82 Å². The second kappa shape index (κ2) is 6.83. The van der Waals surface area contributed by atoms with E-state index in [2.05, 4.69) is 4.99 Å². The third-order valence-corrected chi connectivity index (χ3v) is 4.45. The molecule has 0 aromatic heterocycles. The summed E-state index contributed by atoms with van der Waals surface area (Å²) in [5, 5.41) is 0. The lowest BCUT2D eigenvalue weighted by molar-refractivity contribution is 0.251. The molecule has 1 unspecified atom stereocenters. The van der Waals surface area contributed by atoms with Crippen molar-refractivity contribution in [3.63, 3.8) is 0 Å². The zero-order valence-corrected chi connectivity index (χ0v) is 13.0. The number of ether oxygens (including phenoxy) is 2. The Balaban J connectivity index is 1.53. The SMILES string of the molecule is COc1ccc(C2=NCC(CSc3ccc(F)cc3)O2)cc1. The van der Waals surface area contributed by atoms with Crippen molar-refractivity contribution in [3.05, 3.63) is 59.9 Å². The predicted octanol–water partition coefficient (Wildman–Crippen LogP) is 3.77. The zero-order valence-electron chi connectivity index (χ0n) is 12.2. The molecule has 0 amide bonds. The van der Waals surface area contributed by atoms with Crippen LogP contribution >= 0.6 is 11.8 Å². The lowest BCUT2D eigenvalue weighted by Crippen LogP contribution is -2.16. The molecule has 0 aliphatic carbocycles. The number of aliphatic imine (C=N–C) groups is 1. The molecule has 0 spiro atoms. The van der Waals surface area contributed by atoms with Gasteiger partial charge in [-0.2, -0.15) is 0 Å². The number of hydrogen-bond donors (Lipinski definition) is 0. The van der Waals surface area contributed by atoms with Crippen molar-refractivity contribution in [2.45, 2.75) is 11.0 Å². The van der Waals surface area contributed by atoms with E-state index >= 15 is 0 Å². The highest BCUT2D eigenvalue weighted by atomic mass is 32.2. The number of thioether (sulfide) groups is 1. The average Bonchev–Trinajstić information content (AvgIpc) is 3.03. The summed E-state index contributed by atoms with van der Waals surface area (Å²) in [7, 11) is 1.64. The molecule has 2 aromatic carbocycles. The fraction of sp³-hybridized carbons (Fsp3) is 0.235. The fourth-order valence-electron chi connectivity index (χ4n) is 2.12. The minimum Gasteiger partial charge on any atom is -0.497 e. The fourth-order valence-corrected chi connectivity index (χ4v) is 3.00. The van der Waals surface area contributed by atoms with E-state index in [1.807, 2.05) is 24.3 Å². The molecule has 22 heavy (non-hydrogen) atoms. The van der Waals surface area contributed by atoms with Gasteiger partial charge in [0.15, 0.2) is 0 Å². The topological polar surface area (TPSA) is 30.8 Å². The van der Waals surface area contributed by atoms with Crippen LogP contribution in [0.25, 0.3) is 0 Å². The maximum absolute atomic E-state index is 12.9. The lowest BCUT2D eigenvalue weighted by atomic mass is 10.2. The van der Waals surface area contributed by atoms with Crippen LogP contribution < -0.4 is 4.74 Å². The van der Waals surface area contributed by atoms with Crippen LogP contribution in [0.4, 0.5) is 4.39 Å². The van der Waals surface area contributed by atoms with Crippen LogP contribution in [-0.4, -0.2) is 31.4 Å². The summed E-state index contributed by atoms with van der Waals surface area (Å²) in [5.74, 6) is 2.05. The van der Waals surface area contributed by atoms with Crippen molar-refractivity contribution in [2.75, 3.05) is 19.4 Å². The van der Waals surface area contributed by atoms with Crippen molar-refractivity contribution in [1.29, 1.82) is 0 Å². The van der Waals surface area contributed by atoms with E-state index in [1.165, 1.54) is 12.1 Å². The summed E-state index contributed by atoms with van der Waals surface area (Å²) in [6, 6.07) is 14.2. The van der Waals surface area contributed by atoms with E-state index in [9.17, 15) is 4.39 Å². The van der Waals surface area contributed by atoms with Gasteiger partial charge in [0, 0.05) is 16.2 Å². The third kappa shape index (κ3) is 3.60. The van der Waals surface area contributed by atoms with Gasteiger partial charge in [-0.25, -0.2) is 9.38 Å². The number of halogens is 1. The number of benzene rings is 2. The van der Waals surface area contributed by atoms with Crippen molar-refractivity contribution in [1.82, 2.24) is 0 Å². The quantitative estimate of drug-likeness (QED) is 0.787. The molecule has 3 rings (SSSR count). The summed E-state index contributed by atoms with van der Waals surface area (Å²) >= 11 is 1.64. The van der Waals surface area contributed by atoms with E-state index < -0.39 is 0 Å². The van der Waals surface area contributed by atoms with Crippen molar-refractivity contribution in [3.8, 4) is 5.75 Å². The largest absolute Gasteiger partial charge is 0.497 e. The lowest BCUT2D eigenvalue weighted by Gasteiger charge is -2.11. The highest BCUT2D eigenvalue weighted by molar-refractivity contribution is 7.99. The zero-order chi connectivity index (χ0) is 15.4. The van der Waals surface area contributed by atoms with Crippen LogP contribution in [0.3, 0.4) is 0 Å². The molecule has 2 aromatic rings. The van der Waals surface area contributed by atoms with Crippen LogP contribution in [0.1, 0.15) is 5.56 Å². The van der Waals surface area contributed by atoms with Gasteiger partial charge in [-0.15, -0.1) is 11.8 Å². The van der Waals surface area contributed by atoms with Crippen LogP contribution in [0.15, 0.2) is 58.4 Å². The highest BCUT2D eigenvalue weighted by Gasteiger charge is 2.21. The molecule has 0 fully saturated rings. The Morgan fingerprint density at radius 3 is 2.59 bits per heavy atom. The summed E-state index contributed by atoms with van der Waals surface area (Å²) in [4.78, 5) is 5.48. The Bertz CT molecular complexity index is 655. The number of rotatable bonds is 5. The maximum Gasteiger partial charge on any atom is 0.216 e. The Hall–Kier alpha value is -2.01. The Labute approximate surface area is 133 Å². The Morgan fingerprint density at radius 2 is 1.91 bits per heavy atom. The summed E-state index contributed by atoms with van der Waals surface area (Å²) < 4.78 is 23.9. The van der Waals surface area contributed by atoms with Crippen LogP contribution in [-0.2, 0) is 4.74 Å². The molecule has 1 aliphatic heterocycles. The Kier molecular flexibility index (Phi) is 4.63. The third-order valence-electron chi connectivity index (χ3n) is 3.30. The van der Waals surface area contributed by atoms with Crippen LogP contribution in [0.5, 0.6) is 5.75 Å². The molecule has 3 nitrogen and oxygen atoms in total. The summed E-state index contributed by atoms with van der Waals surface area (Å²) in [6.07, 6.45) is 0.0483. The molecule has 114 valence electrons. The predicted molar refractivity (Wildman–Crippen MR) is 86.4 cm³/mol. The standard InChI is InChI=1S/C17H16FNO2S/c1-20-14-6-2-12(3-7-14)17-19-10-15(21-17)11-22-16-8-4-13(18)5-9-16/h2-9,15H,10-11H2,1H3. The van der Waals surface area contributed by atoms with Crippen molar-refractivity contribution in [2.24, 2.45) is 4.99 Å².